The van der Waals surface area contributed by atoms with Gasteiger partial charge < -0.3 is 15.1 Å². The number of piperidine rings is 1. The van der Waals surface area contributed by atoms with Crippen LogP contribution >= 0.6 is 0 Å². The fourth-order valence-corrected chi connectivity index (χ4v) is 3.22. The number of amides is 1. The van der Waals surface area contributed by atoms with E-state index in [1.807, 2.05) is 24.4 Å². The average molecular weight is 288 g/mol. The summed E-state index contributed by atoms with van der Waals surface area (Å²) in [7, 11) is 2.12. The first kappa shape index (κ1) is 14.3. The van der Waals surface area contributed by atoms with Crippen molar-refractivity contribution in [3.63, 3.8) is 0 Å². The Morgan fingerprint density at radius 1 is 1.24 bits per heavy atom. The number of pyridine rings is 1. The number of carbonyl (C=O) groups is 1. The Labute approximate surface area is 126 Å². The molecule has 114 valence electrons. The topological polar surface area (TPSA) is 48.5 Å². The number of hydrogen-bond donors (Lipinski definition) is 1. The van der Waals surface area contributed by atoms with Gasteiger partial charge in [0.25, 0.3) is 0 Å². The highest BCUT2D eigenvalue weighted by atomic mass is 16.2. The molecule has 1 N–H and O–H groups in total. The molecule has 1 amide bonds. The summed E-state index contributed by atoms with van der Waals surface area (Å²) in [6, 6.07) is 6.23. The molecule has 5 nitrogen and oxygen atoms in total. The van der Waals surface area contributed by atoms with Crippen molar-refractivity contribution in [2.75, 3.05) is 38.1 Å². The Morgan fingerprint density at radius 3 is 2.76 bits per heavy atom. The maximum absolute atomic E-state index is 12.3. The molecule has 5 heteroatoms. The van der Waals surface area contributed by atoms with Crippen molar-refractivity contribution in [1.82, 2.24) is 15.2 Å². The van der Waals surface area contributed by atoms with Crippen LogP contribution in [0.15, 0.2) is 24.4 Å². The molecule has 0 aliphatic carbocycles. The summed E-state index contributed by atoms with van der Waals surface area (Å²) in [5.74, 6) is 1.45. The molecule has 0 aromatic carbocycles. The van der Waals surface area contributed by atoms with Gasteiger partial charge in [-0.05, 0) is 51.5 Å². The van der Waals surface area contributed by atoms with E-state index < -0.39 is 0 Å². The largest absolute Gasteiger partial charge is 0.354 e. The molecule has 1 aromatic rings. The molecule has 1 aromatic heterocycles. The summed E-state index contributed by atoms with van der Waals surface area (Å²) < 4.78 is 0. The molecule has 0 saturated carbocycles. The van der Waals surface area contributed by atoms with E-state index in [2.05, 4.69) is 27.1 Å². The second-order valence-corrected chi connectivity index (χ2v) is 6.21. The van der Waals surface area contributed by atoms with Gasteiger partial charge in [0.05, 0.1) is 0 Å². The van der Waals surface area contributed by atoms with E-state index in [-0.39, 0.29) is 17.9 Å². The van der Waals surface area contributed by atoms with Crippen molar-refractivity contribution in [2.24, 2.45) is 5.92 Å². The van der Waals surface area contributed by atoms with Crippen LogP contribution in [0.25, 0.3) is 0 Å². The highest BCUT2D eigenvalue weighted by molar-refractivity contribution is 5.79. The summed E-state index contributed by atoms with van der Waals surface area (Å²) in [6.07, 6.45) is 4.80. The fourth-order valence-electron chi connectivity index (χ4n) is 3.22. The van der Waals surface area contributed by atoms with Crippen LogP contribution in [0.1, 0.15) is 19.3 Å². The number of anilines is 1. The second-order valence-electron chi connectivity index (χ2n) is 6.21. The summed E-state index contributed by atoms with van der Waals surface area (Å²) >= 11 is 0. The van der Waals surface area contributed by atoms with Crippen molar-refractivity contribution < 1.29 is 4.79 Å². The smallest absolute Gasteiger partial charge is 0.223 e. The molecule has 21 heavy (non-hydrogen) atoms. The first-order valence-corrected chi connectivity index (χ1v) is 7.87. The molecule has 2 aliphatic heterocycles. The zero-order valence-electron chi connectivity index (χ0n) is 12.7. The SMILES string of the molecule is CN1CCC(C(=O)NC2CCN(c3ccccn3)C2)CC1. The van der Waals surface area contributed by atoms with E-state index in [0.717, 1.165) is 51.3 Å². The van der Waals surface area contributed by atoms with Gasteiger partial charge in [0.2, 0.25) is 5.91 Å². The number of aromatic nitrogens is 1. The fraction of sp³-hybridized carbons (Fsp3) is 0.625. The summed E-state index contributed by atoms with van der Waals surface area (Å²) in [5.41, 5.74) is 0. The van der Waals surface area contributed by atoms with Crippen LogP contribution in [0, 0.1) is 5.92 Å². The van der Waals surface area contributed by atoms with E-state index in [0.29, 0.717) is 0 Å². The normalized spacial score (nSPS) is 24.2. The Morgan fingerprint density at radius 2 is 2.05 bits per heavy atom. The lowest BCUT2D eigenvalue weighted by molar-refractivity contribution is -0.126. The Kier molecular flexibility index (Phi) is 4.39. The predicted molar refractivity (Wildman–Crippen MR) is 83.2 cm³/mol. The number of nitrogens with zero attached hydrogens (tertiary/aromatic N) is 3. The minimum atomic E-state index is 0.199. The lowest BCUT2D eigenvalue weighted by Gasteiger charge is -2.29. The van der Waals surface area contributed by atoms with Gasteiger partial charge in [0.1, 0.15) is 5.82 Å². The van der Waals surface area contributed by atoms with Crippen molar-refractivity contribution in [3.05, 3.63) is 24.4 Å². The van der Waals surface area contributed by atoms with Crippen LogP contribution in [0.2, 0.25) is 0 Å². The van der Waals surface area contributed by atoms with Gasteiger partial charge in [-0.3, -0.25) is 4.79 Å². The number of likely N-dealkylation sites (tertiary alicyclic amines) is 1. The van der Waals surface area contributed by atoms with E-state index in [9.17, 15) is 4.79 Å². The molecule has 3 heterocycles. The van der Waals surface area contributed by atoms with Crippen LogP contribution in [0.4, 0.5) is 5.82 Å². The lowest BCUT2D eigenvalue weighted by Crippen LogP contribution is -2.44. The van der Waals surface area contributed by atoms with Gasteiger partial charge in [-0.2, -0.15) is 0 Å². The van der Waals surface area contributed by atoms with Crippen LogP contribution in [0.5, 0.6) is 0 Å². The third kappa shape index (κ3) is 3.53. The molecule has 3 rings (SSSR count). The lowest BCUT2D eigenvalue weighted by atomic mass is 9.96. The third-order valence-electron chi connectivity index (χ3n) is 4.60. The Hall–Kier alpha value is -1.62. The molecule has 0 spiro atoms. The first-order valence-electron chi connectivity index (χ1n) is 7.87. The molecule has 2 saturated heterocycles. The van der Waals surface area contributed by atoms with Crippen LogP contribution in [0.3, 0.4) is 0 Å². The molecule has 2 aliphatic rings. The molecule has 0 radical (unpaired) electrons. The number of carbonyl (C=O) groups excluding carboxylic acids is 1. The third-order valence-corrected chi connectivity index (χ3v) is 4.60. The predicted octanol–water partition coefficient (Wildman–Crippen LogP) is 1.12. The van der Waals surface area contributed by atoms with Gasteiger partial charge in [-0.25, -0.2) is 4.98 Å². The van der Waals surface area contributed by atoms with Gasteiger partial charge in [-0.1, -0.05) is 6.07 Å². The molecule has 1 atom stereocenters. The number of nitrogens with one attached hydrogen (secondary N) is 1. The van der Waals surface area contributed by atoms with E-state index in [4.69, 9.17) is 0 Å². The van der Waals surface area contributed by atoms with Crippen molar-refractivity contribution >= 4 is 11.7 Å². The van der Waals surface area contributed by atoms with Crippen molar-refractivity contribution in [2.45, 2.75) is 25.3 Å². The minimum Gasteiger partial charge on any atom is -0.354 e. The molecule has 1 unspecified atom stereocenters. The maximum atomic E-state index is 12.3. The van der Waals surface area contributed by atoms with Gasteiger partial charge in [0, 0.05) is 31.2 Å². The molecule has 2 fully saturated rings. The van der Waals surface area contributed by atoms with Crippen LogP contribution in [-0.2, 0) is 4.79 Å². The van der Waals surface area contributed by atoms with Crippen LogP contribution < -0.4 is 10.2 Å². The van der Waals surface area contributed by atoms with Crippen LogP contribution in [-0.4, -0.2) is 55.1 Å². The van der Waals surface area contributed by atoms with E-state index in [1.165, 1.54) is 0 Å². The second kappa shape index (κ2) is 6.43. The molecular formula is C16H24N4O. The van der Waals surface area contributed by atoms with E-state index >= 15 is 0 Å². The zero-order chi connectivity index (χ0) is 14.7. The van der Waals surface area contributed by atoms with Gasteiger partial charge >= 0.3 is 0 Å². The first-order chi connectivity index (χ1) is 10.2. The Balaban J connectivity index is 1.49. The minimum absolute atomic E-state index is 0.199. The van der Waals surface area contributed by atoms with E-state index in [1.54, 1.807) is 0 Å². The van der Waals surface area contributed by atoms with Gasteiger partial charge in [-0.15, -0.1) is 0 Å². The molecule has 0 bridgehead atoms. The summed E-state index contributed by atoms with van der Waals surface area (Å²) in [6.45, 7) is 3.90. The zero-order valence-corrected chi connectivity index (χ0v) is 12.7. The standard InChI is InChI=1S/C16H24N4O/c1-19-9-5-13(6-10-19)16(21)18-14-7-11-20(12-14)15-4-2-3-8-17-15/h2-4,8,13-14H,5-7,9-12H2,1H3,(H,18,21). The maximum Gasteiger partial charge on any atom is 0.223 e. The number of rotatable bonds is 3. The summed E-state index contributed by atoms with van der Waals surface area (Å²) in [5, 5.41) is 3.24. The van der Waals surface area contributed by atoms with Gasteiger partial charge in [0.15, 0.2) is 0 Å². The van der Waals surface area contributed by atoms with Crippen molar-refractivity contribution in [3.8, 4) is 0 Å². The monoisotopic (exact) mass is 288 g/mol. The average Bonchev–Trinajstić information content (AvgIpc) is 2.97. The quantitative estimate of drug-likeness (QED) is 0.905. The highest BCUT2D eigenvalue weighted by Crippen LogP contribution is 2.20. The highest BCUT2D eigenvalue weighted by Gasteiger charge is 2.28. The number of hydrogen-bond acceptors (Lipinski definition) is 4. The Bertz CT molecular complexity index is 470. The molecular weight excluding hydrogens is 264 g/mol. The summed E-state index contributed by atoms with van der Waals surface area (Å²) in [4.78, 5) is 21.3. The van der Waals surface area contributed by atoms with Crippen molar-refractivity contribution in [1.29, 1.82) is 0 Å².